The second-order valence-corrected chi connectivity index (χ2v) is 8.00. The van der Waals surface area contributed by atoms with Gasteiger partial charge < -0.3 is 9.47 Å². The summed E-state index contributed by atoms with van der Waals surface area (Å²) in [6.45, 7) is -0.229. The quantitative estimate of drug-likeness (QED) is 0.151. The summed E-state index contributed by atoms with van der Waals surface area (Å²) in [4.78, 5) is 24.8. The van der Waals surface area contributed by atoms with Crippen LogP contribution < -0.4 is 14.9 Å². The minimum Gasteiger partial charge on any atom is -0.484 e. The summed E-state index contributed by atoms with van der Waals surface area (Å²) in [7, 11) is 0. The first-order chi connectivity index (χ1) is 16.5. The third-order valence-electron chi connectivity index (χ3n) is 4.78. The third kappa shape index (κ3) is 5.92. The molecule has 0 aliphatic rings. The van der Waals surface area contributed by atoms with E-state index < -0.39 is 11.9 Å². The lowest BCUT2D eigenvalue weighted by Crippen LogP contribution is -2.24. The maximum Gasteiger partial charge on any atom is 0.343 e. The molecule has 4 aromatic rings. The van der Waals surface area contributed by atoms with E-state index in [0.717, 1.165) is 10.8 Å². The van der Waals surface area contributed by atoms with Crippen LogP contribution in [0.1, 0.15) is 15.9 Å². The third-order valence-corrected chi connectivity index (χ3v) is 5.28. The number of halogens is 2. The molecule has 170 valence electrons. The van der Waals surface area contributed by atoms with Gasteiger partial charge in [0.15, 0.2) is 6.61 Å². The fourth-order valence-electron chi connectivity index (χ4n) is 3.12. The summed E-state index contributed by atoms with van der Waals surface area (Å²) >= 11 is 11.7. The van der Waals surface area contributed by atoms with E-state index in [1.807, 2.05) is 30.3 Å². The summed E-state index contributed by atoms with van der Waals surface area (Å²) in [5.41, 5.74) is 3.32. The zero-order valence-corrected chi connectivity index (χ0v) is 19.2. The van der Waals surface area contributed by atoms with Gasteiger partial charge in [0.2, 0.25) is 0 Å². The van der Waals surface area contributed by atoms with Gasteiger partial charge in [0.1, 0.15) is 11.5 Å². The lowest BCUT2D eigenvalue weighted by molar-refractivity contribution is -0.123. The highest BCUT2D eigenvalue weighted by molar-refractivity contribution is 6.30. The molecule has 0 spiro atoms. The number of rotatable bonds is 7. The standard InChI is InChI=1S/C26H18Cl2N2O4/c27-19-8-5-18(6-9-19)26(32)34-24-14-7-17-3-1-2-4-22(17)23(24)15-29-30-25(31)16-33-21-12-10-20(28)11-13-21/h1-15H,16H2,(H,30,31)/b29-15+. The number of fused-ring (bicyclic) bond motifs is 1. The SMILES string of the molecule is O=C(COc1ccc(Cl)cc1)N/N=C/c1c(OC(=O)c2ccc(Cl)cc2)ccc2ccccc12. The van der Waals surface area contributed by atoms with E-state index in [9.17, 15) is 9.59 Å². The Kier molecular flexibility index (Phi) is 7.42. The van der Waals surface area contributed by atoms with Crippen LogP contribution >= 0.6 is 23.2 Å². The van der Waals surface area contributed by atoms with Crippen LogP contribution in [0.4, 0.5) is 0 Å². The minimum absolute atomic E-state index is 0.229. The smallest absolute Gasteiger partial charge is 0.343 e. The Balaban J connectivity index is 1.50. The first-order valence-electron chi connectivity index (χ1n) is 10.2. The number of hydrazone groups is 1. The molecule has 6 nitrogen and oxygen atoms in total. The van der Waals surface area contributed by atoms with Crippen molar-refractivity contribution in [2.45, 2.75) is 0 Å². The van der Waals surface area contributed by atoms with E-state index in [4.69, 9.17) is 32.7 Å². The van der Waals surface area contributed by atoms with Crippen LogP contribution in [0.3, 0.4) is 0 Å². The predicted molar refractivity (Wildman–Crippen MR) is 133 cm³/mol. The first kappa shape index (κ1) is 23.3. The molecule has 0 heterocycles. The van der Waals surface area contributed by atoms with Crippen molar-refractivity contribution in [3.63, 3.8) is 0 Å². The zero-order chi connectivity index (χ0) is 23.9. The summed E-state index contributed by atoms with van der Waals surface area (Å²) < 4.78 is 11.0. The molecular formula is C26H18Cl2N2O4. The lowest BCUT2D eigenvalue weighted by Gasteiger charge is -2.11. The molecule has 1 N–H and O–H groups in total. The molecule has 0 radical (unpaired) electrons. The molecule has 4 aromatic carbocycles. The van der Waals surface area contributed by atoms with Crippen LogP contribution in [-0.2, 0) is 4.79 Å². The number of nitrogens with zero attached hydrogens (tertiary/aromatic N) is 1. The summed E-state index contributed by atoms with van der Waals surface area (Å²) in [6.07, 6.45) is 1.44. The minimum atomic E-state index is -0.540. The van der Waals surface area contributed by atoms with Crippen molar-refractivity contribution >= 4 is 52.1 Å². The Bertz CT molecular complexity index is 1350. The van der Waals surface area contributed by atoms with E-state index in [1.165, 1.54) is 6.21 Å². The number of esters is 1. The van der Waals surface area contributed by atoms with Gasteiger partial charge >= 0.3 is 5.97 Å². The summed E-state index contributed by atoms with van der Waals surface area (Å²) in [5.74, 6) is -0.184. The van der Waals surface area contributed by atoms with Gasteiger partial charge in [-0.25, -0.2) is 10.2 Å². The summed E-state index contributed by atoms with van der Waals surface area (Å²) in [5, 5.41) is 6.86. The number of nitrogens with one attached hydrogen (secondary N) is 1. The van der Waals surface area contributed by atoms with Gasteiger partial charge in [-0.1, -0.05) is 53.5 Å². The molecule has 0 atom stereocenters. The Labute approximate surface area is 205 Å². The van der Waals surface area contributed by atoms with Crippen molar-refractivity contribution < 1.29 is 19.1 Å². The average Bonchev–Trinajstić information content (AvgIpc) is 2.85. The van der Waals surface area contributed by atoms with E-state index in [-0.39, 0.29) is 6.61 Å². The first-order valence-corrected chi connectivity index (χ1v) is 10.9. The topological polar surface area (TPSA) is 77.0 Å². The number of amides is 1. The van der Waals surface area contributed by atoms with Crippen LogP contribution in [0.2, 0.25) is 10.0 Å². The van der Waals surface area contributed by atoms with Gasteiger partial charge in [0.05, 0.1) is 11.8 Å². The number of ether oxygens (including phenoxy) is 2. The van der Waals surface area contributed by atoms with Crippen molar-refractivity contribution in [1.29, 1.82) is 0 Å². The zero-order valence-electron chi connectivity index (χ0n) is 17.7. The maximum absolute atomic E-state index is 12.6. The highest BCUT2D eigenvalue weighted by atomic mass is 35.5. The second-order valence-electron chi connectivity index (χ2n) is 7.13. The van der Waals surface area contributed by atoms with Gasteiger partial charge in [-0.15, -0.1) is 0 Å². The Hall–Kier alpha value is -3.87. The molecule has 0 bridgehead atoms. The van der Waals surface area contributed by atoms with Crippen molar-refractivity contribution in [1.82, 2.24) is 5.43 Å². The highest BCUT2D eigenvalue weighted by Gasteiger charge is 2.14. The maximum atomic E-state index is 12.6. The lowest BCUT2D eigenvalue weighted by atomic mass is 10.0. The fraction of sp³-hybridized carbons (Fsp3) is 0.0385. The predicted octanol–water partition coefficient (Wildman–Crippen LogP) is 5.89. The number of hydrogen-bond acceptors (Lipinski definition) is 5. The molecule has 0 saturated carbocycles. The fourth-order valence-corrected chi connectivity index (χ4v) is 3.38. The van der Waals surface area contributed by atoms with E-state index in [1.54, 1.807) is 54.6 Å². The molecule has 4 rings (SSSR count). The molecule has 0 unspecified atom stereocenters. The molecule has 8 heteroatoms. The van der Waals surface area contributed by atoms with E-state index in [2.05, 4.69) is 10.5 Å². The number of benzene rings is 4. The molecule has 34 heavy (non-hydrogen) atoms. The van der Waals surface area contributed by atoms with Gasteiger partial charge in [0.25, 0.3) is 5.91 Å². The average molecular weight is 493 g/mol. The van der Waals surface area contributed by atoms with Crippen molar-refractivity contribution in [3.8, 4) is 11.5 Å². The van der Waals surface area contributed by atoms with Crippen LogP contribution in [0.5, 0.6) is 11.5 Å². The Morgan fingerprint density at radius 3 is 2.26 bits per heavy atom. The van der Waals surface area contributed by atoms with E-state index in [0.29, 0.717) is 32.7 Å². The van der Waals surface area contributed by atoms with Gasteiger partial charge in [-0.05, 0) is 65.4 Å². The number of carbonyl (C=O) groups is 2. The molecular weight excluding hydrogens is 475 g/mol. The second kappa shape index (κ2) is 10.8. The van der Waals surface area contributed by atoms with Crippen molar-refractivity contribution in [3.05, 3.63) is 106 Å². The molecule has 0 saturated heterocycles. The van der Waals surface area contributed by atoms with Gasteiger partial charge in [-0.3, -0.25) is 4.79 Å². The van der Waals surface area contributed by atoms with Gasteiger partial charge in [-0.2, -0.15) is 5.10 Å². The summed E-state index contributed by atoms with van der Waals surface area (Å²) in [6, 6.07) is 24.1. The van der Waals surface area contributed by atoms with Crippen molar-refractivity contribution in [2.75, 3.05) is 6.61 Å². The largest absolute Gasteiger partial charge is 0.484 e. The van der Waals surface area contributed by atoms with Crippen LogP contribution in [0.15, 0.2) is 90.0 Å². The molecule has 0 fully saturated rings. The number of carbonyl (C=O) groups excluding carboxylic acids is 2. The Morgan fingerprint density at radius 1 is 0.853 bits per heavy atom. The molecule has 0 aliphatic heterocycles. The van der Waals surface area contributed by atoms with Crippen LogP contribution in [0.25, 0.3) is 10.8 Å². The van der Waals surface area contributed by atoms with E-state index >= 15 is 0 Å². The monoisotopic (exact) mass is 492 g/mol. The molecule has 0 aromatic heterocycles. The van der Waals surface area contributed by atoms with Crippen LogP contribution in [-0.4, -0.2) is 24.7 Å². The van der Waals surface area contributed by atoms with Gasteiger partial charge in [0, 0.05) is 15.6 Å². The number of hydrogen-bond donors (Lipinski definition) is 1. The van der Waals surface area contributed by atoms with Crippen molar-refractivity contribution in [2.24, 2.45) is 5.10 Å². The Morgan fingerprint density at radius 2 is 1.53 bits per heavy atom. The van der Waals surface area contributed by atoms with Crippen LogP contribution in [0, 0.1) is 0 Å². The molecule has 0 aliphatic carbocycles. The highest BCUT2D eigenvalue weighted by Crippen LogP contribution is 2.27. The molecule has 1 amide bonds. The normalized spacial score (nSPS) is 10.9.